The lowest BCUT2D eigenvalue weighted by Gasteiger charge is -2.09. The van der Waals surface area contributed by atoms with Gasteiger partial charge in [0.15, 0.2) is 0 Å². The third-order valence-electron chi connectivity index (χ3n) is 5.68. The number of hydrogen-bond acceptors (Lipinski definition) is 6. The zero-order chi connectivity index (χ0) is 25.6. The van der Waals surface area contributed by atoms with Crippen molar-refractivity contribution in [2.24, 2.45) is 0 Å². The van der Waals surface area contributed by atoms with Gasteiger partial charge in [-0.2, -0.15) is 0 Å². The van der Waals surface area contributed by atoms with Crippen LogP contribution in [0, 0.1) is 6.92 Å². The van der Waals surface area contributed by atoms with Crippen molar-refractivity contribution in [1.82, 2.24) is 19.7 Å². The number of aromatic nitrogens is 3. The van der Waals surface area contributed by atoms with Crippen molar-refractivity contribution in [1.29, 1.82) is 0 Å². The molecule has 3 aromatic heterocycles. The van der Waals surface area contributed by atoms with Gasteiger partial charge in [-0.15, -0.1) is 0 Å². The number of hydrogen-bond donors (Lipinski definition) is 2. The molecule has 2 amide bonds. The van der Waals surface area contributed by atoms with Gasteiger partial charge in [-0.3, -0.25) is 9.59 Å². The van der Waals surface area contributed by atoms with Crippen molar-refractivity contribution < 1.29 is 18.7 Å². The smallest absolute Gasteiger partial charge is 0.271 e. The number of carbonyl (C=O) groups excluding carboxylic acids is 2. The van der Waals surface area contributed by atoms with Gasteiger partial charge in [-0.1, -0.05) is 36.4 Å². The lowest BCUT2D eigenvalue weighted by atomic mass is 10.1. The summed E-state index contributed by atoms with van der Waals surface area (Å²) in [5, 5.41) is 5.75. The van der Waals surface area contributed by atoms with Crippen molar-refractivity contribution in [2.45, 2.75) is 19.9 Å². The highest BCUT2D eigenvalue weighted by Crippen LogP contribution is 2.29. The Kier molecular flexibility index (Phi) is 6.93. The SMILES string of the molecule is Cc1oc(-c2ccccc2NC(=O)CCOc2ccccc2)nc1CNC(=O)c1cn2ccccc2n1. The predicted octanol–water partition coefficient (Wildman–Crippen LogP) is 4.64. The van der Waals surface area contributed by atoms with Gasteiger partial charge < -0.3 is 24.2 Å². The lowest BCUT2D eigenvalue weighted by Crippen LogP contribution is -2.23. The number of rotatable bonds is 9. The van der Waals surface area contributed by atoms with Crippen LogP contribution in [0.5, 0.6) is 5.75 Å². The normalized spacial score (nSPS) is 10.8. The van der Waals surface area contributed by atoms with Crippen LogP contribution in [0.3, 0.4) is 0 Å². The fourth-order valence-corrected chi connectivity index (χ4v) is 3.78. The first-order valence-electron chi connectivity index (χ1n) is 11.8. The Balaban J connectivity index is 1.22. The number of aryl methyl sites for hydroxylation is 1. The Morgan fingerprint density at radius 3 is 2.59 bits per heavy atom. The van der Waals surface area contributed by atoms with Gasteiger partial charge in [0.25, 0.3) is 5.91 Å². The molecule has 0 saturated heterocycles. The second-order valence-corrected chi connectivity index (χ2v) is 8.30. The van der Waals surface area contributed by atoms with E-state index in [0.29, 0.717) is 45.7 Å². The molecule has 5 aromatic rings. The molecule has 0 spiro atoms. The van der Waals surface area contributed by atoms with Gasteiger partial charge in [-0.25, -0.2) is 9.97 Å². The molecular formula is C28H25N5O4. The average Bonchev–Trinajstić information content (AvgIpc) is 3.51. The molecule has 0 aliphatic heterocycles. The van der Waals surface area contributed by atoms with Gasteiger partial charge in [0.1, 0.15) is 28.5 Å². The number of fused-ring (bicyclic) bond motifs is 1. The highest BCUT2D eigenvalue weighted by molar-refractivity contribution is 5.95. The highest BCUT2D eigenvalue weighted by atomic mass is 16.5. The summed E-state index contributed by atoms with van der Waals surface area (Å²) in [6.45, 7) is 2.21. The number of pyridine rings is 1. The second-order valence-electron chi connectivity index (χ2n) is 8.30. The number of para-hydroxylation sites is 2. The number of ether oxygens (including phenoxy) is 1. The van der Waals surface area contributed by atoms with E-state index in [1.165, 1.54) is 0 Å². The summed E-state index contributed by atoms with van der Waals surface area (Å²) < 4.78 is 13.3. The van der Waals surface area contributed by atoms with Gasteiger partial charge in [0, 0.05) is 12.4 Å². The molecule has 0 aliphatic carbocycles. The fraction of sp³-hybridized carbons (Fsp3) is 0.143. The first kappa shape index (κ1) is 23.8. The Labute approximate surface area is 213 Å². The van der Waals surface area contributed by atoms with E-state index in [9.17, 15) is 9.59 Å². The molecule has 2 aromatic carbocycles. The topological polar surface area (TPSA) is 111 Å². The number of nitrogens with zero attached hydrogens (tertiary/aromatic N) is 3. The van der Waals surface area contributed by atoms with Crippen LogP contribution in [-0.2, 0) is 11.3 Å². The second kappa shape index (κ2) is 10.8. The summed E-state index contributed by atoms with van der Waals surface area (Å²) in [5.74, 6) is 1.14. The molecule has 186 valence electrons. The maximum Gasteiger partial charge on any atom is 0.271 e. The molecule has 3 heterocycles. The minimum absolute atomic E-state index is 0.174. The van der Waals surface area contributed by atoms with Crippen LogP contribution in [0.4, 0.5) is 5.69 Å². The van der Waals surface area contributed by atoms with Gasteiger partial charge in [-0.05, 0) is 43.3 Å². The minimum Gasteiger partial charge on any atom is -0.493 e. The van der Waals surface area contributed by atoms with Crippen LogP contribution < -0.4 is 15.4 Å². The number of carbonyl (C=O) groups is 2. The van der Waals surface area contributed by atoms with Gasteiger partial charge >= 0.3 is 0 Å². The zero-order valence-corrected chi connectivity index (χ0v) is 20.2. The van der Waals surface area contributed by atoms with E-state index in [1.807, 2.05) is 72.9 Å². The molecule has 0 aliphatic rings. The molecule has 0 unspecified atom stereocenters. The van der Waals surface area contributed by atoms with E-state index in [1.54, 1.807) is 23.6 Å². The van der Waals surface area contributed by atoms with Gasteiger partial charge in [0.05, 0.1) is 30.8 Å². The molecule has 0 atom stereocenters. The van der Waals surface area contributed by atoms with E-state index in [0.717, 1.165) is 0 Å². The summed E-state index contributed by atoms with van der Waals surface area (Å²) >= 11 is 0. The molecule has 0 radical (unpaired) electrons. The number of imidazole rings is 1. The van der Waals surface area contributed by atoms with E-state index >= 15 is 0 Å². The largest absolute Gasteiger partial charge is 0.493 e. The number of benzene rings is 2. The van der Waals surface area contributed by atoms with Gasteiger partial charge in [0.2, 0.25) is 11.8 Å². The summed E-state index contributed by atoms with van der Waals surface area (Å²) in [6, 6.07) is 22.2. The van der Waals surface area contributed by atoms with Crippen molar-refractivity contribution in [3.05, 3.63) is 102 Å². The number of amides is 2. The summed E-state index contributed by atoms with van der Waals surface area (Å²) in [7, 11) is 0. The Bertz CT molecular complexity index is 1510. The first-order chi connectivity index (χ1) is 18.1. The monoisotopic (exact) mass is 495 g/mol. The summed E-state index contributed by atoms with van der Waals surface area (Å²) in [4.78, 5) is 34.1. The minimum atomic E-state index is -0.307. The van der Waals surface area contributed by atoms with Crippen LogP contribution >= 0.6 is 0 Å². The molecule has 0 saturated carbocycles. The summed E-state index contributed by atoms with van der Waals surface area (Å²) in [6.07, 6.45) is 3.70. The van der Waals surface area contributed by atoms with Crippen molar-refractivity contribution in [3.8, 4) is 17.2 Å². The van der Waals surface area contributed by atoms with E-state index in [2.05, 4.69) is 20.6 Å². The Morgan fingerprint density at radius 2 is 1.76 bits per heavy atom. The average molecular weight is 496 g/mol. The van der Waals surface area contributed by atoms with Crippen LogP contribution in [0.25, 0.3) is 17.1 Å². The molecule has 0 fully saturated rings. The highest BCUT2D eigenvalue weighted by Gasteiger charge is 2.17. The van der Waals surface area contributed by atoms with E-state index in [-0.39, 0.29) is 31.4 Å². The van der Waals surface area contributed by atoms with Crippen molar-refractivity contribution in [2.75, 3.05) is 11.9 Å². The molecule has 0 bridgehead atoms. The zero-order valence-electron chi connectivity index (χ0n) is 20.2. The van der Waals surface area contributed by atoms with Crippen molar-refractivity contribution in [3.63, 3.8) is 0 Å². The van der Waals surface area contributed by atoms with Crippen LogP contribution in [0.2, 0.25) is 0 Å². The molecule has 2 N–H and O–H groups in total. The molecule has 9 heteroatoms. The molecule has 9 nitrogen and oxygen atoms in total. The summed E-state index contributed by atoms with van der Waals surface area (Å²) in [5.41, 5.74) is 2.81. The number of oxazole rings is 1. The molecule has 5 rings (SSSR count). The van der Waals surface area contributed by atoms with E-state index < -0.39 is 0 Å². The van der Waals surface area contributed by atoms with Crippen LogP contribution in [0.15, 0.2) is 89.6 Å². The molecule has 37 heavy (non-hydrogen) atoms. The number of nitrogens with one attached hydrogen (secondary N) is 2. The quantitative estimate of drug-likeness (QED) is 0.308. The maximum absolute atomic E-state index is 12.6. The van der Waals surface area contributed by atoms with Crippen LogP contribution in [0.1, 0.15) is 28.4 Å². The molecular weight excluding hydrogens is 470 g/mol. The Hall–Kier alpha value is -4.92. The maximum atomic E-state index is 12.6. The van der Waals surface area contributed by atoms with E-state index in [4.69, 9.17) is 9.15 Å². The predicted molar refractivity (Wildman–Crippen MR) is 138 cm³/mol. The third-order valence-corrected chi connectivity index (χ3v) is 5.68. The Morgan fingerprint density at radius 1 is 0.973 bits per heavy atom. The van der Waals surface area contributed by atoms with Crippen LogP contribution in [-0.4, -0.2) is 32.8 Å². The third kappa shape index (κ3) is 5.67. The fourth-order valence-electron chi connectivity index (χ4n) is 3.78. The standard InChI is InChI=1S/C28H25N5O4/c1-19-23(17-29-27(35)24-18-33-15-8-7-13-25(33)30-24)32-28(37-19)21-11-5-6-12-22(21)31-26(34)14-16-36-20-9-3-2-4-10-20/h2-13,15,18H,14,16-17H2,1H3,(H,29,35)(H,31,34). The van der Waals surface area contributed by atoms with Crippen molar-refractivity contribution >= 4 is 23.1 Å². The lowest BCUT2D eigenvalue weighted by molar-refractivity contribution is -0.116. The first-order valence-corrected chi connectivity index (χ1v) is 11.8. The number of anilines is 1.